The van der Waals surface area contributed by atoms with E-state index in [-0.39, 0.29) is 6.10 Å². The van der Waals surface area contributed by atoms with Crippen LogP contribution < -0.4 is 9.64 Å². The molecule has 2 unspecified atom stereocenters. The molecule has 0 fully saturated rings. The molecule has 0 amide bonds. The first-order valence-corrected chi connectivity index (χ1v) is 7.52. The third-order valence-electron chi connectivity index (χ3n) is 3.83. The maximum atomic E-state index is 13.4. The zero-order valence-electron chi connectivity index (χ0n) is 13.3. The summed E-state index contributed by atoms with van der Waals surface area (Å²) in [6.45, 7) is 9.37. The summed E-state index contributed by atoms with van der Waals surface area (Å²) in [5.74, 6) is 0.521. The normalized spacial score (nSPS) is 13.9. The van der Waals surface area contributed by atoms with Crippen molar-refractivity contribution in [2.45, 2.75) is 53.1 Å². The van der Waals surface area contributed by atoms with Gasteiger partial charge in [0, 0.05) is 19.7 Å². The van der Waals surface area contributed by atoms with Gasteiger partial charge in [0.1, 0.15) is 5.75 Å². The first kappa shape index (κ1) is 16.7. The van der Waals surface area contributed by atoms with E-state index in [1.807, 2.05) is 14.0 Å². The highest BCUT2D eigenvalue weighted by Gasteiger charge is 2.17. The van der Waals surface area contributed by atoms with Crippen LogP contribution in [0.2, 0.25) is 0 Å². The van der Waals surface area contributed by atoms with E-state index in [0.29, 0.717) is 11.7 Å². The van der Waals surface area contributed by atoms with Gasteiger partial charge in [-0.05, 0) is 19.3 Å². The Balaban J connectivity index is 2.89. The van der Waals surface area contributed by atoms with E-state index in [1.54, 1.807) is 6.20 Å². The van der Waals surface area contributed by atoms with Crippen molar-refractivity contribution in [2.75, 3.05) is 18.5 Å². The van der Waals surface area contributed by atoms with Gasteiger partial charge >= 0.3 is 0 Å². The summed E-state index contributed by atoms with van der Waals surface area (Å²) >= 11 is 0. The van der Waals surface area contributed by atoms with Gasteiger partial charge in [0.15, 0.2) is 0 Å². The average Bonchev–Trinajstić information content (AvgIpc) is 2.43. The third kappa shape index (κ3) is 4.66. The molecule has 0 spiro atoms. The van der Waals surface area contributed by atoms with Crippen LogP contribution in [0, 0.1) is 11.9 Å². The van der Waals surface area contributed by atoms with E-state index >= 15 is 0 Å². The van der Waals surface area contributed by atoms with Crippen LogP contribution in [-0.4, -0.2) is 24.7 Å². The highest BCUT2D eigenvalue weighted by Crippen LogP contribution is 2.29. The van der Waals surface area contributed by atoms with Crippen LogP contribution in [-0.2, 0) is 0 Å². The lowest BCUT2D eigenvalue weighted by atomic mass is 10.0. The summed E-state index contributed by atoms with van der Waals surface area (Å²) < 4.78 is 19.3. The number of rotatable bonds is 8. The molecule has 4 heteroatoms. The Labute approximate surface area is 122 Å². The van der Waals surface area contributed by atoms with Gasteiger partial charge in [0.25, 0.3) is 0 Å². The Morgan fingerprint density at radius 2 is 2.05 bits per heavy atom. The van der Waals surface area contributed by atoms with Crippen LogP contribution in [0.1, 0.15) is 47.0 Å². The minimum Gasteiger partial charge on any atom is -0.488 e. The summed E-state index contributed by atoms with van der Waals surface area (Å²) in [6.07, 6.45) is 4.87. The Kier molecular flexibility index (Phi) is 6.76. The van der Waals surface area contributed by atoms with Crippen molar-refractivity contribution in [3.05, 3.63) is 18.2 Å². The van der Waals surface area contributed by atoms with E-state index in [9.17, 15) is 4.39 Å². The minimum absolute atomic E-state index is 0.0557. The van der Waals surface area contributed by atoms with Crippen LogP contribution in [0.3, 0.4) is 0 Å². The fourth-order valence-electron chi connectivity index (χ4n) is 1.95. The van der Waals surface area contributed by atoms with Crippen LogP contribution >= 0.6 is 0 Å². The van der Waals surface area contributed by atoms with E-state index < -0.39 is 5.95 Å². The van der Waals surface area contributed by atoms with Crippen molar-refractivity contribution < 1.29 is 9.13 Å². The molecule has 0 bridgehead atoms. The molecule has 2 atom stereocenters. The largest absolute Gasteiger partial charge is 0.488 e. The number of halogens is 1. The Bertz CT molecular complexity index is 411. The predicted octanol–water partition coefficient (Wildman–Crippen LogP) is 4.27. The van der Waals surface area contributed by atoms with Crippen molar-refractivity contribution in [3.8, 4) is 5.75 Å². The molecule has 114 valence electrons. The van der Waals surface area contributed by atoms with E-state index in [1.165, 1.54) is 6.07 Å². The third-order valence-corrected chi connectivity index (χ3v) is 3.83. The van der Waals surface area contributed by atoms with Crippen LogP contribution in [0.15, 0.2) is 12.3 Å². The minimum atomic E-state index is -0.496. The van der Waals surface area contributed by atoms with E-state index in [2.05, 4.69) is 30.7 Å². The highest BCUT2D eigenvalue weighted by atomic mass is 19.1. The summed E-state index contributed by atoms with van der Waals surface area (Å²) in [5, 5.41) is 0. The van der Waals surface area contributed by atoms with Gasteiger partial charge in [0.05, 0.1) is 18.0 Å². The van der Waals surface area contributed by atoms with Gasteiger partial charge < -0.3 is 9.64 Å². The van der Waals surface area contributed by atoms with Crippen molar-refractivity contribution in [2.24, 2.45) is 5.92 Å². The Hall–Kier alpha value is -1.32. The number of hydrogen-bond acceptors (Lipinski definition) is 3. The molecule has 1 heterocycles. The molecule has 0 N–H and O–H groups in total. The van der Waals surface area contributed by atoms with Gasteiger partial charge in [-0.1, -0.05) is 33.6 Å². The zero-order valence-corrected chi connectivity index (χ0v) is 13.3. The number of nitrogens with zero attached hydrogens (tertiary/aromatic N) is 2. The quantitative estimate of drug-likeness (QED) is 0.666. The van der Waals surface area contributed by atoms with Crippen molar-refractivity contribution in [3.63, 3.8) is 0 Å². The van der Waals surface area contributed by atoms with Crippen molar-refractivity contribution >= 4 is 5.69 Å². The van der Waals surface area contributed by atoms with Crippen LogP contribution in [0.4, 0.5) is 10.1 Å². The second-order valence-electron chi connectivity index (χ2n) is 5.46. The fourth-order valence-corrected chi connectivity index (χ4v) is 1.95. The molecule has 1 rings (SSSR count). The summed E-state index contributed by atoms with van der Waals surface area (Å²) in [4.78, 5) is 5.83. The molecular weight excluding hydrogens is 255 g/mol. The van der Waals surface area contributed by atoms with Crippen LogP contribution in [0.25, 0.3) is 0 Å². The standard InChI is InChI=1S/C16H27FN2O/c1-6-8-9-19(5)14-11-18-16(17)10-15(14)20-13(4)12(3)7-2/h10-13H,6-9H2,1-5H3. The lowest BCUT2D eigenvalue weighted by Crippen LogP contribution is -2.24. The smallest absolute Gasteiger partial charge is 0.216 e. The molecule has 3 nitrogen and oxygen atoms in total. The van der Waals surface area contributed by atoms with Gasteiger partial charge in [-0.3, -0.25) is 0 Å². The molecule has 1 aromatic rings. The second kappa shape index (κ2) is 8.08. The monoisotopic (exact) mass is 282 g/mol. The van der Waals surface area contributed by atoms with Crippen molar-refractivity contribution in [1.29, 1.82) is 0 Å². The molecule has 20 heavy (non-hydrogen) atoms. The first-order chi connectivity index (χ1) is 9.49. The maximum Gasteiger partial charge on any atom is 0.216 e. The lowest BCUT2D eigenvalue weighted by Gasteiger charge is -2.26. The lowest BCUT2D eigenvalue weighted by molar-refractivity contribution is 0.158. The average molecular weight is 282 g/mol. The number of ether oxygens (including phenoxy) is 1. The number of hydrogen-bond donors (Lipinski definition) is 0. The molecule has 0 saturated heterocycles. The predicted molar refractivity (Wildman–Crippen MR) is 81.9 cm³/mol. The van der Waals surface area contributed by atoms with E-state index in [4.69, 9.17) is 4.74 Å². The summed E-state index contributed by atoms with van der Waals surface area (Å²) in [6, 6.07) is 1.39. The molecule has 0 radical (unpaired) electrons. The number of pyridine rings is 1. The molecule has 1 aromatic heterocycles. The van der Waals surface area contributed by atoms with Crippen LogP contribution in [0.5, 0.6) is 5.75 Å². The number of aromatic nitrogens is 1. The Morgan fingerprint density at radius 3 is 2.65 bits per heavy atom. The van der Waals surface area contributed by atoms with Gasteiger partial charge in [-0.25, -0.2) is 4.98 Å². The highest BCUT2D eigenvalue weighted by molar-refractivity contribution is 5.56. The summed E-state index contributed by atoms with van der Waals surface area (Å²) in [7, 11) is 1.99. The first-order valence-electron chi connectivity index (χ1n) is 7.52. The molecule has 0 aliphatic heterocycles. The van der Waals surface area contributed by atoms with Crippen molar-refractivity contribution in [1.82, 2.24) is 4.98 Å². The van der Waals surface area contributed by atoms with E-state index in [0.717, 1.165) is 31.5 Å². The molecule has 0 aliphatic carbocycles. The Morgan fingerprint density at radius 1 is 1.35 bits per heavy atom. The molecule has 0 aromatic carbocycles. The van der Waals surface area contributed by atoms with Gasteiger partial charge in [-0.2, -0.15) is 4.39 Å². The molecule has 0 aliphatic rings. The second-order valence-corrected chi connectivity index (χ2v) is 5.46. The summed E-state index contributed by atoms with van der Waals surface area (Å²) in [5.41, 5.74) is 0.856. The number of anilines is 1. The molecular formula is C16H27FN2O. The topological polar surface area (TPSA) is 25.4 Å². The molecule has 0 saturated carbocycles. The fraction of sp³-hybridized carbons (Fsp3) is 0.688. The zero-order chi connectivity index (χ0) is 15.1. The maximum absolute atomic E-state index is 13.4. The SMILES string of the molecule is CCCCN(C)c1cnc(F)cc1OC(C)C(C)CC. The van der Waals surface area contributed by atoms with Gasteiger partial charge in [0.2, 0.25) is 5.95 Å². The number of unbranched alkanes of at least 4 members (excludes halogenated alkanes) is 1. The van der Waals surface area contributed by atoms with Gasteiger partial charge in [-0.15, -0.1) is 0 Å².